The Labute approximate surface area is 762 Å². The quantitative estimate of drug-likeness (QED) is 0.106. The van der Waals surface area contributed by atoms with E-state index in [0.717, 1.165) is 101 Å². The third-order valence-corrected chi connectivity index (χ3v) is 28.5. The summed E-state index contributed by atoms with van der Waals surface area (Å²) in [6.45, 7) is 27.5. The van der Waals surface area contributed by atoms with Gasteiger partial charge in [0.2, 0.25) is 0 Å². The molecule has 0 saturated carbocycles. The van der Waals surface area contributed by atoms with E-state index in [2.05, 4.69) is 511 Å². The molecule has 18 aromatic rings. The van der Waals surface area contributed by atoms with E-state index >= 15 is 0 Å². The highest BCUT2D eigenvalue weighted by Gasteiger charge is 2.51. The molecule has 18 aromatic carbocycles. The number of hydrogen-bond donors (Lipinski definition) is 0. The fourth-order valence-corrected chi connectivity index (χ4v) is 22.2. The van der Waals surface area contributed by atoms with E-state index < -0.39 is 10.8 Å². The van der Waals surface area contributed by atoms with E-state index in [1.807, 2.05) is 0 Å². The topological polar surface area (TPSA) is 6.48 Å². The summed E-state index contributed by atoms with van der Waals surface area (Å²) < 4.78 is 0. The maximum absolute atomic E-state index is 2.74. The Morgan fingerprint density at radius 3 is 0.760 bits per heavy atom. The molecule has 22 rings (SSSR count). The van der Waals surface area contributed by atoms with Gasteiger partial charge in [0, 0.05) is 45.0 Å². The maximum Gasteiger partial charge on any atom is 0.252 e. The Bertz CT molecular complexity index is 6730. The lowest BCUT2D eigenvalue weighted by Crippen LogP contribution is -2.61. The highest BCUT2D eigenvalue weighted by Crippen LogP contribution is 2.62. The number of fused-ring (bicyclic) bond motifs is 10. The zero-order valence-electron chi connectivity index (χ0n) is 75.8. The summed E-state index contributed by atoms with van der Waals surface area (Å²) in [5.74, 6) is 0. The molecule has 2 nitrogen and oxygen atoms in total. The summed E-state index contributed by atoms with van der Waals surface area (Å²) in [5, 5.41) is 0. The van der Waals surface area contributed by atoms with Gasteiger partial charge in [-0.25, -0.2) is 0 Å². The van der Waals surface area contributed by atoms with Crippen molar-refractivity contribution in [3.05, 3.63) is 485 Å². The molecule has 0 unspecified atom stereocenters. The van der Waals surface area contributed by atoms with Crippen LogP contribution in [0.25, 0.3) is 100 Å². The van der Waals surface area contributed by atoms with E-state index in [0.29, 0.717) is 0 Å². The molecule has 2 heterocycles. The van der Waals surface area contributed by atoms with Crippen molar-refractivity contribution in [3.8, 4) is 100 Å². The molecule has 0 aromatic heterocycles. The molecule has 0 amide bonds. The number of hydrogen-bond acceptors (Lipinski definition) is 2. The van der Waals surface area contributed by atoms with Crippen molar-refractivity contribution < 1.29 is 0 Å². The van der Waals surface area contributed by atoms with Crippen molar-refractivity contribution in [1.29, 1.82) is 0 Å². The second kappa shape index (κ2) is 30.7. The fourth-order valence-electron chi connectivity index (χ4n) is 22.2. The van der Waals surface area contributed by atoms with Crippen LogP contribution in [-0.4, -0.2) is 6.71 Å². The zero-order valence-corrected chi connectivity index (χ0v) is 75.8. The monoisotopic (exact) mass is 1660 g/mol. The van der Waals surface area contributed by atoms with Crippen molar-refractivity contribution in [2.24, 2.45) is 0 Å². The highest BCUT2D eigenvalue weighted by molar-refractivity contribution is 7.00. The lowest BCUT2D eigenvalue weighted by atomic mass is 9.33. The smallest absolute Gasteiger partial charge is 0.252 e. The largest absolute Gasteiger partial charge is 0.310 e. The summed E-state index contributed by atoms with van der Waals surface area (Å²) in [6.07, 6.45) is 0. The zero-order chi connectivity index (χ0) is 88.0. The molecule has 129 heavy (non-hydrogen) atoms. The molecule has 0 N–H and O–H groups in total. The van der Waals surface area contributed by atoms with Crippen molar-refractivity contribution in [2.75, 3.05) is 9.80 Å². The van der Waals surface area contributed by atoms with Gasteiger partial charge in [0.15, 0.2) is 0 Å². The molecule has 0 spiro atoms. The van der Waals surface area contributed by atoms with Crippen LogP contribution in [0.3, 0.4) is 0 Å². The van der Waals surface area contributed by atoms with Gasteiger partial charge in [0.1, 0.15) is 0 Å². The van der Waals surface area contributed by atoms with Gasteiger partial charge in [-0.2, -0.15) is 0 Å². The van der Waals surface area contributed by atoms with Crippen molar-refractivity contribution >= 4 is 57.2 Å². The molecule has 0 fully saturated rings. The standard InChI is InChI=1S/C126H105BN2/c1-121(2,3)90-68-58-83(59-69-90)100-50-32-51-101(84-60-70-91(71-61-84)122(4,5)6)119(100)128-112-76-66-87(98-48-34-56-108-116(98)104-46-28-30-54-106(104)125(108,94-38-20-14-21-39-94)95-40-22-15-23-41-95)78-110(112)127-111-79-88(99-49-35-57-109-117(99)105-47-29-31-55-107(105)126(109,96-42-24-16-25-43-96)97-44-26-17-27-45-97)67-77-113(111)129(115-81-89(80-114(128)118(115)127)82-36-18-13-19-37-82)120-102(85-62-72-92(73-63-85)123(7,8)9)52-33-53-103(120)86-64-74-93(75-65-86)124(10,11)12/h13-81H,1-12H3. The number of para-hydroxylation sites is 2. The minimum Gasteiger partial charge on any atom is -0.310 e. The first kappa shape index (κ1) is 80.5. The van der Waals surface area contributed by atoms with E-state index in [-0.39, 0.29) is 28.4 Å². The summed E-state index contributed by atoms with van der Waals surface area (Å²) in [4.78, 5) is 5.48. The van der Waals surface area contributed by atoms with Gasteiger partial charge in [-0.3, -0.25) is 0 Å². The maximum atomic E-state index is 2.74. The summed E-state index contributed by atoms with van der Waals surface area (Å²) in [7, 11) is 0. The second-order valence-corrected chi connectivity index (χ2v) is 40.2. The van der Waals surface area contributed by atoms with Crippen LogP contribution < -0.4 is 26.2 Å². The van der Waals surface area contributed by atoms with E-state index in [9.17, 15) is 0 Å². The Balaban J connectivity index is 0.903. The molecule has 622 valence electrons. The third-order valence-electron chi connectivity index (χ3n) is 28.5. The van der Waals surface area contributed by atoms with Crippen molar-refractivity contribution in [1.82, 2.24) is 0 Å². The first-order valence-electron chi connectivity index (χ1n) is 46.1. The minimum atomic E-state index is -0.628. The van der Waals surface area contributed by atoms with Crippen LogP contribution >= 0.6 is 0 Å². The number of benzene rings is 18. The predicted octanol–water partition coefficient (Wildman–Crippen LogP) is 31.4. The molecule has 4 aliphatic rings. The molecule has 0 bridgehead atoms. The lowest BCUT2D eigenvalue weighted by Gasteiger charge is -2.46. The summed E-state index contributed by atoms with van der Waals surface area (Å²) in [5.41, 5.74) is 44.9. The Hall–Kier alpha value is -14.4. The SMILES string of the molecule is CC(C)(C)c1ccc(-c2cccc(-c3ccc(C(C)(C)C)cc3)c2N2c3ccc(-c4cccc5c4-c4ccccc4C5(c4ccccc4)c4ccccc4)cc3B3c4cc(-c5cccc6c5-c5ccccc5C6(c5ccccc5)c5ccccc5)ccc4N(c4c(-c5ccc(C(C)(C)C)cc5)cccc4-c4ccc(C(C)(C)C)cc4)c4cc(-c5ccccc5)cc2c43)cc1. The van der Waals surface area contributed by atoms with Crippen molar-refractivity contribution in [3.63, 3.8) is 0 Å². The van der Waals surface area contributed by atoms with Gasteiger partial charge in [0.05, 0.1) is 22.2 Å². The van der Waals surface area contributed by atoms with E-state index in [1.165, 1.54) is 117 Å². The predicted molar refractivity (Wildman–Crippen MR) is 548 cm³/mol. The molecule has 2 aliphatic heterocycles. The van der Waals surface area contributed by atoms with Crippen LogP contribution in [0.2, 0.25) is 0 Å². The number of nitrogens with zero attached hydrogens (tertiary/aromatic N) is 2. The van der Waals surface area contributed by atoms with Gasteiger partial charge >= 0.3 is 0 Å². The molecule has 2 aliphatic carbocycles. The average molecular weight is 1660 g/mol. The molecule has 3 heteroatoms. The first-order valence-corrected chi connectivity index (χ1v) is 46.1. The van der Waals surface area contributed by atoms with Crippen LogP contribution in [0.15, 0.2) is 419 Å². The molecule has 0 radical (unpaired) electrons. The molecule has 0 saturated heterocycles. The van der Waals surface area contributed by atoms with Crippen LogP contribution in [0, 0.1) is 0 Å². The van der Waals surface area contributed by atoms with E-state index in [1.54, 1.807) is 0 Å². The minimum absolute atomic E-state index is 0.0781. The highest BCUT2D eigenvalue weighted by atomic mass is 15.2. The van der Waals surface area contributed by atoms with Gasteiger partial charge in [-0.1, -0.05) is 477 Å². The first-order chi connectivity index (χ1) is 62.5. The average Bonchev–Trinajstić information content (AvgIpc) is 1.47. The lowest BCUT2D eigenvalue weighted by molar-refractivity contribution is 0.590. The third kappa shape index (κ3) is 13.0. The van der Waals surface area contributed by atoms with Gasteiger partial charge < -0.3 is 9.80 Å². The van der Waals surface area contributed by atoms with Crippen molar-refractivity contribution in [2.45, 2.75) is 116 Å². The van der Waals surface area contributed by atoms with Crippen LogP contribution in [0.5, 0.6) is 0 Å². The molecule has 0 atom stereocenters. The van der Waals surface area contributed by atoms with Crippen LogP contribution in [-0.2, 0) is 32.5 Å². The molecular formula is C126H105BN2. The molecular weight excluding hydrogens is 1550 g/mol. The van der Waals surface area contributed by atoms with Crippen LogP contribution in [0.4, 0.5) is 34.1 Å². The van der Waals surface area contributed by atoms with Crippen LogP contribution in [0.1, 0.15) is 150 Å². The van der Waals surface area contributed by atoms with Gasteiger partial charge in [-0.15, -0.1) is 0 Å². The van der Waals surface area contributed by atoms with Gasteiger partial charge in [-0.05, 0) is 207 Å². The Morgan fingerprint density at radius 1 is 0.194 bits per heavy atom. The Kier molecular flexibility index (Phi) is 19.2. The number of rotatable bonds is 13. The summed E-state index contributed by atoms with van der Waals surface area (Å²) >= 11 is 0. The number of anilines is 6. The second-order valence-electron chi connectivity index (χ2n) is 40.2. The summed E-state index contributed by atoms with van der Waals surface area (Å²) in [6, 6.07) is 162. The fraction of sp³-hybridized carbons (Fsp3) is 0.143. The van der Waals surface area contributed by atoms with E-state index in [4.69, 9.17) is 0 Å². The normalized spacial score (nSPS) is 13.8. The van der Waals surface area contributed by atoms with Gasteiger partial charge in [0.25, 0.3) is 6.71 Å². The Morgan fingerprint density at radius 2 is 0.450 bits per heavy atom.